The summed E-state index contributed by atoms with van der Waals surface area (Å²) in [5.74, 6) is 3.90. The van der Waals surface area contributed by atoms with Gasteiger partial charge in [-0.3, -0.25) is 0 Å². The predicted molar refractivity (Wildman–Crippen MR) is 70.2 cm³/mol. The maximum atomic E-state index is 6.42. The van der Waals surface area contributed by atoms with E-state index in [-0.39, 0.29) is 0 Å². The van der Waals surface area contributed by atoms with Crippen molar-refractivity contribution in [3.05, 3.63) is 0 Å². The summed E-state index contributed by atoms with van der Waals surface area (Å²) in [6.07, 6.45) is 11.2. The Morgan fingerprint density at radius 3 is 2.44 bits per heavy atom. The highest BCUT2D eigenvalue weighted by Crippen LogP contribution is 2.59. The molecule has 1 nitrogen and oxygen atoms in total. The van der Waals surface area contributed by atoms with Gasteiger partial charge in [0.2, 0.25) is 0 Å². The van der Waals surface area contributed by atoms with Crippen LogP contribution in [0.5, 0.6) is 0 Å². The van der Waals surface area contributed by atoms with E-state index in [0.29, 0.717) is 6.04 Å². The van der Waals surface area contributed by atoms with E-state index in [4.69, 9.17) is 5.73 Å². The lowest BCUT2D eigenvalue weighted by molar-refractivity contribution is 0.347. The molecule has 0 radical (unpaired) electrons. The largest absolute Gasteiger partial charge is 0.327 e. The van der Waals surface area contributed by atoms with Gasteiger partial charge in [0.25, 0.3) is 0 Å². The van der Waals surface area contributed by atoms with Crippen molar-refractivity contribution in [3.63, 3.8) is 0 Å². The van der Waals surface area contributed by atoms with E-state index in [0.717, 1.165) is 23.7 Å². The van der Waals surface area contributed by atoms with Crippen molar-refractivity contribution >= 4 is 0 Å². The molecular formula is C15H29N. The fraction of sp³-hybridized carbons (Fsp3) is 1.00. The topological polar surface area (TPSA) is 26.0 Å². The number of rotatable bonds is 7. The molecule has 2 N–H and O–H groups in total. The zero-order valence-electron chi connectivity index (χ0n) is 11.1. The summed E-state index contributed by atoms with van der Waals surface area (Å²) >= 11 is 0. The molecule has 0 aromatic carbocycles. The number of unbranched alkanes of at least 4 members (excludes halogenated alkanes) is 1. The van der Waals surface area contributed by atoms with Crippen molar-refractivity contribution in [1.29, 1.82) is 0 Å². The molecule has 94 valence electrons. The highest BCUT2D eigenvalue weighted by Gasteiger charge is 2.54. The molecular weight excluding hydrogens is 194 g/mol. The van der Waals surface area contributed by atoms with Crippen LogP contribution in [-0.2, 0) is 0 Å². The second-order valence-corrected chi connectivity index (χ2v) is 6.15. The Bertz CT molecular complexity index is 203. The molecule has 4 atom stereocenters. The van der Waals surface area contributed by atoms with Gasteiger partial charge in [0.05, 0.1) is 0 Å². The molecule has 0 amide bonds. The maximum absolute atomic E-state index is 6.42. The van der Waals surface area contributed by atoms with Gasteiger partial charge in [-0.2, -0.15) is 0 Å². The summed E-state index contributed by atoms with van der Waals surface area (Å²) < 4.78 is 0. The second-order valence-electron chi connectivity index (χ2n) is 6.15. The summed E-state index contributed by atoms with van der Waals surface area (Å²) in [6.45, 7) is 4.62. The second kappa shape index (κ2) is 5.53. The molecule has 0 spiro atoms. The minimum absolute atomic E-state index is 0.525. The zero-order valence-corrected chi connectivity index (χ0v) is 11.1. The SMILES string of the molecule is CCCCC(CC)CC(N)C1C2CCCC21. The summed E-state index contributed by atoms with van der Waals surface area (Å²) in [5, 5.41) is 0. The average molecular weight is 223 g/mol. The zero-order chi connectivity index (χ0) is 11.5. The lowest BCUT2D eigenvalue weighted by Crippen LogP contribution is -2.27. The maximum Gasteiger partial charge on any atom is 0.00753 e. The van der Waals surface area contributed by atoms with Crippen LogP contribution in [-0.4, -0.2) is 6.04 Å². The molecule has 1 heteroatoms. The molecule has 0 bridgehead atoms. The molecule has 4 unspecified atom stereocenters. The van der Waals surface area contributed by atoms with E-state index in [2.05, 4.69) is 13.8 Å². The van der Waals surface area contributed by atoms with Crippen molar-refractivity contribution in [2.24, 2.45) is 29.4 Å². The number of hydrogen-bond acceptors (Lipinski definition) is 1. The molecule has 2 fully saturated rings. The lowest BCUT2D eigenvalue weighted by Gasteiger charge is -2.20. The van der Waals surface area contributed by atoms with Crippen LogP contribution in [0.4, 0.5) is 0 Å². The quantitative estimate of drug-likeness (QED) is 0.694. The fourth-order valence-corrected chi connectivity index (χ4v) is 4.04. The molecule has 0 aromatic heterocycles. The van der Waals surface area contributed by atoms with Crippen LogP contribution in [0, 0.1) is 23.7 Å². The third-order valence-corrected chi connectivity index (χ3v) is 5.12. The third-order valence-electron chi connectivity index (χ3n) is 5.12. The van der Waals surface area contributed by atoms with Crippen LogP contribution >= 0.6 is 0 Å². The van der Waals surface area contributed by atoms with Crippen LogP contribution < -0.4 is 5.73 Å². The highest BCUT2D eigenvalue weighted by atomic mass is 14.7. The first-order valence-corrected chi connectivity index (χ1v) is 7.53. The van der Waals surface area contributed by atoms with E-state index in [1.54, 1.807) is 0 Å². The summed E-state index contributed by atoms with van der Waals surface area (Å²) in [6, 6.07) is 0.525. The van der Waals surface area contributed by atoms with E-state index < -0.39 is 0 Å². The Hall–Kier alpha value is -0.0400. The molecule has 0 aromatic rings. The normalized spacial score (nSPS) is 35.8. The third kappa shape index (κ3) is 2.61. The van der Waals surface area contributed by atoms with E-state index in [1.165, 1.54) is 51.4 Å². The van der Waals surface area contributed by atoms with Crippen LogP contribution in [0.3, 0.4) is 0 Å². The Morgan fingerprint density at radius 2 is 1.88 bits per heavy atom. The fourth-order valence-electron chi connectivity index (χ4n) is 4.04. The van der Waals surface area contributed by atoms with Gasteiger partial charge in [0.15, 0.2) is 0 Å². The van der Waals surface area contributed by atoms with E-state index in [9.17, 15) is 0 Å². The number of hydrogen-bond donors (Lipinski definition) is 1. The van der Waals surface area contributed by atoms with Gasteiger partial charge in [0.1, 0.15) is 0 Å². The monoisotopic (exact) mass is 223 g/mol. The molecule has 16 heavy (non-hydrogen) atoms. The first-order chi connectivity index (χ1) is 7.77. The van der Waals surface area contributed by atoms with Gasteiger partial charge >= 0.3 is 0 Å². The van der Waals surface area contributed by atoms with Crippen LogP contribution in [0.1, 0.15) is 65.2 Å². The van der Waals surface area contributed by atoms with Crippen LogP contribution in [0.2, 0.25) is 0 Å². The van der Waals surface area contributed by atoms with Crippen molar-refractivity contribution in [1.82, 2.24) is 0 Å². The Labute approximate surface area is 101 Å². The average Bonchev–Trinajstić information content (AvgIpc) is 2.78. The standard InChI is InChI=1S/C15H29N/c1-3-5-7-11(4-2)10-14(16)15-12-8-6-9-13(12)15/h11-15H,3-10,16H2,1-2H3. The van der Waals surface area contributed by atoms with E-state index >= 15 is 0 Å². The summed E-state index contributed by atoms with van der Waals surface area (Å²) in [7, 11) is 0. The van der Waals surface area contributed by atoms with Crippen molar-refractivity contribution in [2.45, 2.75) is 71.3 Å². The lowest BCUT2D eigenvalue weighted by atomic mass is 9.89. The minimum atomic E-state index is 0.525. The van der Waals surface area contributed by atoms with Crippen molar-refractivity contribution < 1.29 is 0 Å². The van der Waals surface area contributed by atoms with Gasteiger partial charge < -0.3 is 5.73 Å². The van der Waals surface area contributed by atoms with Gasteiger partial charge in [-0.1, -0.05) is 46.0 Å². The van der Waals surface area contributed by atoms with E-state index in [1.807, 2.05) is 0 Å². The molecule has 0 saturated heterocycles. The predicted octanol–water partition coefficient (Wildman–Crippen LogP) is 3.97. The van der Waals surface area contributed by atoms with Crippen LogP contribution in [0.15, 0.2) is 0 Å². The van der Waals surface area contributed by atoms with Gasteiger partial charge in [0, 0.05) is 6.04 Å². The minimum Gasteiger partial charge on any atom is -0.327 e. The Morgan fingerprint density at radius 1 is 1.19 bits per heavy atom. The molecule has 2 rings (SSSR count). The van der Waals surface area contributed by atoms with Gasteiger partial charge in [-0.05, 0) is 42.9 Å². The van der Waals surface area contributed by atoms with Crippen molar-refractivity contribution in [3.8, 4) is 0 Å². The smallest absolute Gasteiger partial charge is 0.00753 e. The highest BCUT2D eigenvalue weighted by molar-refractivity contribution is 5.05. The summed E-state index contributed by atoms with van der Waals surface area (Å²) in [5.41, 5.74) is 6.42. The van der Waals surface area contributed by atoms with Gasteiger partial charge in [-0.15, -0.1) is 0 Å². The molecule has 0 heterocycles. The molecule has 2 aliphatic rings. The first-order valence-electron chi connectivity index (χ1n) is 7.53. The Balaban J connectivity index is 1.71. The first kappa shape index (κ1) is 12.4. The van der Waals surface area contributed by atoms with Gasteiger partial charge in [-0.25, -0.2) is 0 Å². The Kier molecular flexibility index (Phi) is 4.29. The summed E-state index contributed by atoms with van der Waals surface area (Å²) in [4.78, 5) is 0. The molecule has 2 aliphatic carbocycles. The molecule has 2 saturated carbocycles. The number of fused-ring (bicyclic) bond motifs is 1. The van der Waals surface area contributed by atoms with Crippen molar-refractivity contribution in [2.75, 3.05) is 0 Å². The number of nitrogens with two attached hydrogens (primary N) is 1. The van der Waals surface area contributed by atoms with Crippen LogP contribution in [0.25, 0.3) is 0 Å². The molecule has 0 aliphatic heterocycles.